The van der Waals surface area contributed by atoms with Gasteiger partial charge in [-0.1, -0.05) is 103 Å². The average molecular weight is 568 g/mol. The predicted molar refractivity (Wildman–Crippen MR) is 179 cm³/mol. The number of aromatic nitrogens is 3. The van der Waals surface area contributed by atoms with Gasteiger partial charge in [0.15, 0.2) is 5.58 Å². The number of hydrogen-bond donors (Lipinski definition) is 0. The molecule has 0 saturated carbocycles. The maximum atomic E-state index is 6.58. The Labute approximate surface area is 249 Å². The number of furan rings is 1. The fraction of sp³-hybridized carbons (Fsp3) is 0. The molecule has 0 spiro atoms. The summed E-state index contributed by atoms with van der Waals surface area (Å²) >= 11 is 1.83. The van der Waals surface area contributed by atoms with Gasteiger partial charge < -0.3 is 4.42 Å². The number of para-hydroxylation sites is 1. The fourth-order valence-corrected chi connectivity index (χ4v) is 7.87. The zero-order valence-electron chi connectivity index (χ0n) is 22.8. The minimum Gasteiger partial charge on any atom is -0.452 e. The molecule has 6 aromatic carbocycles. The molecule has 10 aromatic rings. The number of fused-ring (bicyclic) bond motifs is 12. The van der Waals surface area contributed by atoms with Crippen molar-refractivity contribution >= 4 is 86.2 Å². The second-order valence-corrected chi connectivity index (χ2v) is 12.0. The van der Waals surface area contributed by atoms with E-state index in [1.54, 1.807) is 0 Å². The smallest absolute Gasteiger partial charge is 0.236 e. The highest BCUT2D eigenvalue weighted by Crippen LogP contribution is 2.44. The van der Waals surface area contributed by atoms with Crippen LogP contribution in [0.5, 0.6) is 0 Å². The molecule has 0 N–H and O–H groups in total. The molecule has 0 aliphatic rings. The van der Waals surface area contributed by atoms with E-state index in [0.717, 1.165) is 49.5 Å². The molecule has 0 aliphatic heterocycles. The molecule has 0 radical (unpaired) electrons. The van der Waals surface area contributed by atoms with Crippen molar-refractivity contribution in [3.05, 3.63) is 127 Å². The summed E-state index contributed by atoms with van der Waals surface area (Å²) in [6.45, 7) is 0. The first-order chi connectivity index (χ1) is 21.3. The van der Waals surface area contributed by atoms with Crippen molar-refractivity contribution in [2.75, 3.05) is 0 Å². The summed E-state index contributed by atoms with van der Waals surface area (Å²) in [5, 5.41) is 8.16. The van der Waals surface area contributed by atoms with Crippen LogP contribution < -0.4 is 0 Å². The lowest BCUT2D eigenvalue weighted by Crippen LogP contribution is -2.03. The molecule has 10 rings (SSSR count). The topological polar surface area (TPSA) is 43.9 Å². The standard InChI is InChI=1S/C38H21N3OS/c1-2-11-23(12-3-1)34-37-35(32-24-13-5-4-10-22(24)18-20-29(32)42-37)40-38(39-34)41-28-16-8-6-14-25(28)26-19-21-31-33(36(26)41)27-15-7-9-17-30(27)43-31/h1-21H. The van der Waals surface area contributed by atoms with E-state index in [1.165, 1.54) is 30.9 Å². The van der Waals surface area contributed by atoms with Crippen molar-refractivity contribution in [2.24, 2.45) is 0 Å². The van der Waals surface area contributed by atoms with Gasteiger partial charge in [-0.25, -0.2) is 9.97 Å². The van der Waals surface area contributed by atoms with Gasteiger partial charge in [0.1, 0.15) is 16.8 Å². The molecule has 0 saturated heterocycles. The van der Waals surface area contributed by atoms with Gasteiger partial charge in [0, 0.05) is 36.5 Å². The maximum Gasteiger partial charge on any atom is 0.236 e. The summed E-state index contributed by atoms with van der Waals surface area (Å²) in [6, 6.07) is 44.7. The molecule has 0 atom stereocenters. The second kappa shape index (κ2) is 8.51. The van der Waals surface area contributed by atoms with Crippen LogP contribution in [0.2, 0.25) is 0 Å². The molecule has 0 aliphatic carbocycles. The normalized spacial score (nSPS) is 12.2. The average Bonchev–Trinajstić information content (AvgIpc) is 3.74. The first kappa shape index (κ1) is 23.1. The SMILES string of the molecule is c1ccc(-c2nc(-n3c4ccccc4c4ccc5sc6ccccc6c5c43)nc3c2oc2ccc4ccccc4c23)cc1. The largest absolute Gasteiger partial charge is 0.452 e. The number of benzene rings is 6. The summed E-state index contributed by atoms with van der Waals surface area (Å²) in [5.74, 6) is 0.635. The molecular formula is C38H21N3OS. The molecule has 0 amide bonds. The summed E-state index contributed by atoms with van der Waals surface area (Å²) in [4.78, 5) is 10.7. The Morgan fingerprint density at radius 1 is 0.558 bits per heavy atom. The van der Waals surface area contributed by atoms with Gasteiger partial charge in [-0.15, -0.1) is 11.3 Å². The number of rotatable bonds is 2. The Morgan fingerprint density at radius 2 is 1.33 bits per heavy atom. The number of thiophene rings is 1. The molecule has 0 unspecified atom stereocenters. The van der Waals surface area contributed by atoms with E-state index in [4.69, 9.17) is 14.4 Å². The first-order valence-electron chi connectivity index (χ1n) is 14.3. The highest BCUT2D eigenvalue weighted by atomic mass is 32.1. The van der Waals surface area contributed by atoms with Gasteiger partial charge in [0.2, 0.25) is 5.95 Å². The third-order valence-electron chi connectivity index (χ3n) is 8.62. The second-order valence-electron chi connectivity index (χ2n) is 11.0. The monoisotopic (exact) mass is 567 g/mol. The fourth-order valence-electron chi connectivity index (χ4n) is 6.76. The van der Waals surface area contributed by atoms with Crippen LogP contribution in [0, 0.1) is 0 Å². The summed E-state index contributed by atoms with van der Waals surface area (Å²) in [6.07, 6.45) is 0. The molecule has 0 fully saturated rings. The van der Waals surface area contributed by atoms with Gasteiger partial charge in [0.05, 0.1) is 16.4 Å². The third kappa shape index (κ3) is 3.14. The molecule has 4 nitrogen and oxygen atoms in total. The third-order valence-corrected chi connectivity index (χ3v) is 9.75. The van der Waals surface area contributed by atoms with E-state index in [9.17, 15) is 0 Å². The van der Waals surface area contributed by atoms with Crippen LogP contribution in [0.1, 0.15) is 0 Å². The van der Waals surface area contributed by atoms with E-state index in [2.05, 4.69) is 114 Å². The van der Waals surface area contributed by atoms with Crippen LogP contribution in [0.25, 0.3) is 92.0 Å². The predicted octanol–water partition coefficient (Wildman–Crippen LogP) is 10.7. The highest BCUT2D eigenvalue weighted by Gasteiger charge is 2.23. The van der Waals surface area contributed by atoms with Crippen LogP contribution in [0.4, 0.5) is 0 Å². The van der Waals surface area contributed by atoms with Crippen molar-refractivity contribution < 1.29 is 4.42 Å². The molecule has 4 heterocycles. The Morgan fingerprint density at radius 3 is 2.23 bits per heavy atom. The maximum absolute atomic E-state index is 6.58. The van der Waals surface area contributed by atoms with Gasteiger partial charge >= 0.3 is 0 Å². The van der Waals surface area contributed by atoms with Crippen molar-refractivity contribution in [1.82, 2.24) is 14.5 Å². The Kier molecular flexibility index (Phi) is 4.57. The summed E-state index contributed by atoms with van der Waals surface area (Å²) in [5.41, 5.74) is 6.33. The van der Waals surface area contributed by atoms with Crippen LogP contribution in [-0.4, -0.2) is 14.5 Å². The lowest BCUT2D eigenvalue weighted by molar-refractivity contribution is 0.667. The van der Waals surface area contributed by atoms with Crippen molar-refractivity contribution in [3.8, 4) is 17.2 Å². The molecule has 4 aromatic heterocycles. The summed E-state index contributed by atoms with van der Waals surface area (Å²) in [7, 11) is 0. The molecule has 200 valence electrons. The number of nitrogens with zero attached hydrogens (tertiary/aromatic N) is 3. The van der Waals surface area contributed by atoms with Crippen LogP contribution in [0.3, 0.4) is 0 Å². The zero-order valence-corrected chi connectivity index (χ0v) is 23.6. The quantitative estimate of drug-likeness (QED) is 0.209. The lowest BCUT2D eigenvalue weighted by atomic mass is 10.1. The number of hydrogen-bond acceptors (Lipinski definition) is 4. The van der Waals surface area contributed by atoms with Crippen LogP contribution >= 0.6 is 11.3 Å². The first-order valence-corrected chi connectivity index (χ1v) is 15.2. The minimum atomic E-state index is 0.635. The molecular weight excluding hydrogens is 547 g/mol. The minimum absolute atomic E-state index is 0.635. The van der Waals surface area contributed by atoms with E-state index in [-0.39, 0.29) is 0 Å². The van der Waals surface area contributed by atoms with Crippen LogP contribution in [0.15, 0.2) is 132 Å². The van der Waals surface area contributed by atoms with Crippen molar-refractivity contribution in [3.63, 3.8) is 0 Å². The van der Waals surface area contributed by atoms with Gasteiger partial charge in [0.25, 0.3) is 0 Å². The van der Waals surface area contributed by atoms with E-state index in [0.29, 0.717) is 11.5 Å². The van der Waals surface area contributed by atoms with E-state index < -0.39 is 0 Å². The Hall–Kier alpha value is -5.52. The Bertz CT molecular complexity index is 2730. The van der Waals surface area contributed by atoms with E-state index in [1.807, 2.05) is 29.5 Å². The van der Waals surface area contributed by atoms with E-state index >= 15 is 0 Å². The molecule has 0 bridgehead atoms. The molecule has 5 heteroatoms. The van der Waals surface area contributed by atoms with Gasteiger partial charge in [-0.05, 0) is 35.0 Å². The van der Waals surface area contributed by atoms with Gasteiger partial charge in [-0.2, -0.15) is 0 Å². The summed E-state index contributed by atoms with van der Waals surface area (Å²) < 4.78 is 11.4. The zero-order chi connectivity index (χ0) is 28.1. The Balaban J connectivity index is 1.44. The van der Waals surface area contributed by atoms with Crippen molar-refractivity contribution in [1.29, 1.82) is 0 Å². The van der Waals surface area contributed by atoms with Crippen LogP contribution in [-0.2, 0) is 0 Å². The molecule has 43 heavy (non-hydrogen) atoms. The highest BCUT2D eigenvalue weighted by molar-refractivity contribution is 7.26. The lowest BCUT2D eigenvalue weighted by Gasteiger charge is -2.10. The van der Waals surface area contributed by atoms with Crippen molar-refractivity contribution in [2.45, 2.75) is 0 Å². The van der Waals surface area contributed by atoms with Gasteiger partial charge in [-0.3, -0.25) is 4.57 Å².